The first-order valence-corrected chi connectivity index (χ1v) is 9.65. The number of carbonyl (C=O) groups excluding carboxylic acids is 1. The van der Waals surface area contributed by atoms with E-state index in [0.717, 1.165) is 32.2 Å². The molecule has 0 unspecified atom stereocenters. The lowest BCUT2D eigenvalue weighted by molar-refractivity contribution is 0.0992. The van der Waals surface area contributed by atoms with Gasteiger partial charge < -0.3 is 0 Å². The van der Waals surface area contributed by atoms with Crippen molar-refractivity contribution in [1.82, 2.24) is 25.0 Å². The van der Waals surface area contributed by atoms with Crippen LogP contribution in [0.1, 0.15) is 16.1 Å². The van der Waals surface area contributed by atoms with E-state index in [4.69, 9.17) is 0 Å². The summed E-state index contributed by atoms with van der Waals surface area (Å²) in [4.78, 5) is 17.0. The Balaban J connectivity index is 1.45. The number of fused-ring (bicyclic) bond motifs is 2. The molecule has 0 atom stereocenters. The van der Waals surface area contributed by atoms with Gasteiger partial charge in [-0.1, -0.05) is 6.07 Å². The predicted octanol–water partition coefficient (Wildman–Crippen LogP) is 4.07. The third-order valence-corrected chi connectivity index (χ3v) is 5.46. The molecule has 0 N–H and O–H groups in total. The summed E-state index contributed by atoms with van der Waals surface area (Å²) >= 11 is 1.53. The van der Waals surface area contributed by atoms with Crippen LogP contribution >= 0.6 is 11.3 Å². The molecule has 5 aromatic rings. The Kier molecular flexibility index (Phi) is 3.95. The highest BCUT2D eigenvalue weighted by molar-refractivity contribution is 7.16. The number of benzene rings is 2. The summed E-state index contributed by atoms with van der Waals surface area (Å²) in [6.07, 6.45) is 4.01. The van der Waals surface area contributed by atoms with Crippen LogP contribution in [0.2, 0.25) is 0 Å². The molecule has 0 spiro atoms. The van der Waals surface area contributed by atoms with Crippen molar-refractivity contribution in [3.8, 4) is 11.1 Å². The minimum atomic E-state index is 0.0207. The zero-order valence-corrected chi connectivity index (χ0v) is 15.8. The third kappa shape index (κ3) is 3.05. The number of carbonyl (C=O) groups is 1. The summed E-state index contributed by atoms with van der Waals surface area (Å²) in [5.74, 6) is 0.0207. The third-order valence-electron chi connectivity index (χ3n) is 4.67. The number of hydrogen-bond donors (Lipinski definition) is 0. The molecule has 3 heterocycles. The number of aryl methyl sites for hydroxylation is 1. The first-order chi connectivity index (χ1) is 13.7. The first kappa shape index (κ1) is 16.7. The number of rotatable bonds is 4. The second kappa shape index (κ2) is 6.61. The summed E-state index contributed by atoms with van der Waals surface area (Å²) in [5, 5.41) is 13.7. The molecule has 3 aromatic heterocycles. The maximum absolute atomic E-state index is 12.7. The maximum atomic E-state index is 12.7. The molecule has 28 heavy (non-hydrogen) atoms. The average molecular weight is 385 g/mol. The highest BCUT2D eigenvalue weighted by Gasteiger charge is 2.11. The second-order valence-corrected chi connectivity index (χ2v) is 7.53. The van der Waals surface area contributed by atoms with Crippen LogP contribution in [0.15, 0.2) is 60.4 Å². The number of aromatic nitrogens is 5. The molecule has 5 rings (SSSR count). The number of ketones is 1. The molecule has 0 saturated heterocycles. The minimum absolute atomic E-state index is 0.0207. The summed E-state index contributed by atoms with van der Waals surface area (Å²) in [6, 6.07) is 13.5. The molecule has 0 aliphatic heterocycles. The van der Waals surface area contributed by atoms with Gasteiger partial charge in [0.1, 0.15) is 0 Å². The van der Waals surface area contributed by atoms with Crippen LogP contribution in [0.5, 0.6) is 0 Å². The fourth-order valence-electron chi connectivity index (χ4n) is 3.22. The van der Waals surface area contributed by atoms with Crippen molar-refractivity contribution >= 4 is 38.2 Å². The van der Waals surface area contributed by atoms with E-state index in [1.165, 1.54) is 11.3 Å². The largest absolute Gasteiger partial charge is 0.294 e. The van der Waals surface area contributed by atoms with Gasteiger partial charge in [0, 0.05) is 29.8 Å². The SMILES string of the molecule is Cn1cc(-c2ccc3nnc(CC(=O)c4ccc5ncsc5c4)cc3c2)cn1. The van der Waals surface area contributed by atoms with Gasteiger partial charge in [0.25, 0.3) is 0 Å². The molecule has 0 aliphatic carbocycles. The quantitative estimate of drug-likeness (QED) is 0.436. The Hall–Kier alpha value is -3.45. The van der Waals surface area contributed by atoms with Crippen molar-refractivity contribution in [2.24, 2.45) is 7.05 Å². The smallest absolute Gasteiger partial charge is 0.168 e. The van der Waals surface area contributed by atoms with Crippen molar-refractivity contribution in [3.05, 3.63) is 71.6 Å². The van der Waals surface area contributed by atoms with Gasteiger partial charge in [-0.2, -0.15) is 15.3 Å². The molecule has 0 amide bonds. The molecule has 136 valence electrons. The molecule has 0 fully saturated rings. The molecule has 0 saturated carbocycles. The fraction of sp³-hybridized carbons (Fsp3) is 0.0952. The van der Waals surface area contributed by atoms with Crippen molar-refractivity contribution in [2.75, 3.05) is 0 Å². The lowest BCUT2D eigenvalue weighted by Gasteiger charge is -2.04. The van der Waals surface area contributed by atoms with E-state index < -0.39 is 0 Å². The average Bonchev–Trinajstić information content (AvgIpc) is 3.35. The minimum Gasteiger partial charge on any atom is -0.294 e. The molecular formula is C21H15N5OS. The lowest BCUT2D eigenvalue weighted by Crippen LogP contribution is -2.06. The fourth-order valence-corrected chi connectivity index (χ4v) is 3.94. The van der Waals surface area contributed by atoms with E-state index in [1.54, 1.807) is 10.2 Å². The van der Waals surface area contributed by atoms with Crippen LogP contribution in [0, 0.1) is 0 Å². The van der Waals surface area contributed by atoms with Crippen molar-refractivity contribution in [1.29, 1.82) is 0 Å². The van der Waals surface area contributed by atoms with Crippen LogP contribution in [-0.2, 0) is 13.5 Å². The molecule has 0 bridgehead atoms. The summed E-state index contributed by atoms with van der Waals surface area (Å²) in [7, 11) is 1.89. The van der Waals surface area contributed by atoms with E-state index in [2.05, 4.69) is 26.3 Å². The van der Waals surface area contributed by atoms with Gasteiger partial charge in [0.05, 0.1) is 39.6 Å². The number of nitrogens with zero attached hydrogens (tertiary/aromatic N) is 5. The Morgan fingerprint density at radius 2 is 1.93 bits per heavy atom. The van der Waals surface area contributed by atoms with E-state index in [0.29, 0.717) is 11.3 Å². The van der Waals surface area contributed by atoms with Gasteiger partial charge in [0.15, 0.2) is 5.78 Å². The normalized spacial score (nSPS) is 11.3. The summed E-state index contributed by atoms with van der Waals surface area (Å²) in [5.41, 5.74) is 6.92. The highest BCUT2D eigenvalue weighted by Crippen LogP contribution is 2.24. The lowest BCUT2D eigenvalue weighted by atomic mass is 10.0. The zero-order chi connectivity index (χ0) is 19.1. The summed E-state index contributed by atoms with van der Waals surface area (Å²) in [6.45, 7) is 0. The highest BCUT2D eigenvalue weighted by atomic mass is 32.1. The van der Waals surface area contributed by atoms with Crippen molar-refractivity contribution in [3.63, 3.8) is 0 Å². The van der Waals surface area contributed by atoms with Gasteiger partial charge in [-0.3, -0.25) is 9.48 Å². The molecular weight excluding hydrogens is 370 g/mol. The van der Waals surface area contributed by atoms with Gasteiger partial charge >= 0.3 is 0 Å². The number of thiazole rings is 1. The van der Waals surface area contributed by atoms with E-state index in [1.807, 2.05) is 55.8 Å². The molecule has 0 aliphatic rings. The summed E-state index contributed by atoms with van der Waals surface area (Å²) < 4.78 is 2.78. The molecule has 7 heteroatoms. The Bertz CT molecular complexity index is 1340. The second-order valence-electron chi connectivity index (χ2n) is 6.65. The standard InChI is InChI=1S/C21H15N5OS/c1-26-11-16(10-23-26)13-2-4-18-15(6-13)7-17(24-25-18)9-20(27)14-3-5-19-21(8-14)28-12-22-19/h2-8,10-12H,9H2,1H3. The zero-order valence-electron chi connectivity index (χ0n) is 15.0. The van der Waals surface area contributed by atoms with Crippen LogP contribution in [0.25, 0.3) is 32.2 Å². The van der Waals surface area contributed by atoms with Crippen LogP contribution in [0.4, 0.5) is 0 Å². The Morgan fingerprint density at radius 3 is 2.79 bits per heavy atom. The van der Waals surface area contributed by atoms with Crippen LogP contribution in [0.3, 0.4) is 0 Å². The number of hydrogen-bond acceptors (Lipinski definition) is 6. The Morgan fingerprint density at radius 1 is 1.04 bits per heavy atom. The van der Waals surface area contributed by atoms with E-state index >= 15 is 0 Å². The van der Waals surface area contributed by atoms with Crippen molar-refractivity contribution < 1.29 is 4.79 Å². The topological polar surface area (TPSA) is 73.6 Å². The maximum Gasteiger partial charge on any atom is 0.168 e. The molecule has 0 radical (unpaired) electrons. The Labute approximate surface area is 164 Å². The van der Waals surface area contributed by atoms with Gasteiger partial charge in [-0.15, -0.1) is 11.3 Å². The number of Topliss-reactive ketones (excluding diaryl/α,β-unsaturated/α-hetero) is 1. The van der Waals surface area contributed by atoms with Crippen LogP contribution in [-0.4, -0.2) is 30.7 Å². The van der Waals surface area contributed by atoms with Crippen molar-refractivity contribution in [2.45, 2.75) is 6.42 Å². The molecule has 6 nitrogen and oxygen atoms in total. The van der Waals surface area contributed by atoms with Crippen LogP contribution < -0.4 is 0 Å². The predicted molar refractivity (Wildman–Crippen MR) is 109 cm³/mol. The van der Waals surface area contributed by atoms with E-state index in [-0.39, 0.29) is 12.2 Å². The van der Waals surface area contributed by atoms with Gasteiger partial charge in [-0.05, 0) is 42.0 Å². The van der Waals surface area contributed by atoms with Gasteiger partial charge in [-0.25, -0.2) is 4.98 Å². The molecule has 2 aromatic carbocycles. The van der Waals surface area contributed by atoms with Gasteiger partial charge in [0.2, 0.25) is 0 Å². The van der Waals surface area contributed by atoms with E-state index in [9.17, 15) is 4.79 Å². The first-order valence-electron chi connectivity index (χ1n) is 8.77. The monoisotopic (exact) mass is 385 g/mol.